The molecule has 0 bridgehead atoms. The highest BCUT2D eigenvalue weighted by Gasteiger charge is 2.38. The summed E-state index contributed by atoms with van der Waals surface area (Å²) in [5, 5.41) is 7.59. The van der Waals surface area contributed by atoms with Crippen molar-refractivity contribution < 1.29 is 14.3 Å². The zero-order valence-electron chi connectivity index (χ0n) is 15.7. The van der Waals surface area contributed by atoms with Gasteiger partial charge in [-0.05, 0) is 18.4 Å². The molecule has 27 heavy (non-hydrogen) atoms. The molecule has 3 aliphatic rings. The Morgan fingerprint density at radius 2 is 1.85 bits per heavy atom. The minimum Gasteiger partial charge on any atom is -0.368 e. The van der Waals surface area contributed by atoms with Crippen LogP contribution in [-0.2, 0) is 21.4 Å². The largest absolute Gasteiger partial charge is 0.368 e. The van der Waals surface area contributed by atoms with Crippen LogP contribution >= 0.6 is 12.4 Å². The van der Waals surface area contributed by atoms with Gasteiger partial charge in [0.2, 0.25) is 5.91 Å². The molecule has 3 atom stereocenters. The number of rotatable bonds is 3. The lowest BCUT2D eigenvalue weighted by Crippen LogP contribution is -2.54. The third kappa shape index (κ3) is 4.12. The molecule has 150 valence electrons. The number of aromatic nitrogens is 2. The van der Waals surface area contributed by atoms with Gasteiger partial charge in [-0.3, -0.25) is 14.3 Å². The maximum atomic E-state index is 13.1. The van der Waals surface area contributed by atoms with E-state index in [-0.39, 0.29) is 42.2 Å². The molecule has 3 fully saturated rings. The normalized spacial score (nSPS) is 28.3. The van der Waals surface area contributed by atoms with E-state index in [1.807, 2.05) is 29.2 Å². The Bertz CT molecular complexity index is 668. The maximum Gasteiger partial charge on any atom is 0.251 e. The number of carbonyl (C=O) groups excluding carboxylic acids is 2. The number of amides is 2. The van der Waals surface area contributed by atoms with E-state index in [4.69, 9.17) is 4.74 Å². The average Bonchev–Trinajstić information content (AvgIpc) is 3.41. The summed E-state index contributed by atoms with van der Waals surface area (Å²) >= 11 is 0. The van der Waals surface area contributed by atoms with Gasteiger partial charge in [0.15, 0.2) is 0 Å². The summed E-state index contributed by atoms with van der Waals surface area (Å²) in [5.74, 6) is 0.390. The minimum absolute atomic E-state index is 0. The van der Waals surface area contributed by atoms with Crippen LogP contribution in [0.1, 0.15) is 24.3 Å². The minimum atomic E-state index is -0.272. The van der Waals surface area contributed by atoms with Crippen molar-refractivity contribution in [2.75, 3.05) is 45.9 Å². The molecule has 0 spiro atoms. The third-order valence-corrected chi connectivity index (χ3v) is 5.79. The number of ether oxygens (including phenoxy) is 1. The molecule has 8 nitrogen and oxygen atoms in total. The topological polar surface area (TPSA) is 79.7 Å². The molecular weight excluding hydrogens is 370 g/mol. The van der Waals surface area contributed by atoms with E-state index in [1.54, 1.807) is 4.68 Å². The van der Waals surface area contributed by atoms with E-state index in [2.05, 4.69) is 10.4 Å². The van der Waals surface area contributed by atoms with Gasteiger partial charge in [0, 0.05) is 65.0 Å². The highest BCUT2D eigenvalue weighted by Crippen LogP contribution is 2.29. The van der Waals surface area contributed by atoms with Crippen LogP contribution in [-0.4, -0.2) is 83.4 Å². The van der Waals surface area contributed by atoms with Crippen molar-refractivity contribution in [3.8, 4) is 0 Å². The van der Waals surface area contributed by atoms with Gasteiger partial charge < -0.3 is 19.9 Å². The third-order valence-electron chi connectivity index (χ3n) is 5.79. The van der Waals surface area contributed by atoms with Crippen molar-refractivity contribution >= 4 is 24.2 Å². The fourth-order valence-electron chi connectivity index (χ4n) is 4.28. The summed E-state index contributed by atoms with van der Waals surface area (Å²) in [5.41, 5.74) is 1.11. The first-order valence-corrected chi connectivity index (χ1v) is 9.52. The SMILES string of the molecule is Cl.Cn1cc([C@H]2CNC[C@@H]2C(=O)N2CCN(C(=O)C3CCCO3)CC2)cn1. The van der Waals surface area contributed by atoms with Gasteiger partial charge in [0.05, 0.1) is 12.1 Å². The van der Waals surface area contributed by atoms with Crippen molar-refractivity contribution in [3.05, 3.63) is 18.0 Å². The van der Waals surface area contributed by atoms with E-state index in [9.17, 15) is 9.59 Å². The summed E-state index contributed by atoms with van der Waals surface area (Å²) in [6.45, 7) is 4.59. The summed E-state index contributed by atoms with van der Waals surface area (Å²) in [6.07, 6.45) is 5.36. The molecule has 0 aliphatic carbocycles. The Morgan fingerprint density at radius 3 is 2.44 bits per heavy atom. The Labute approximate surface area is 165 Å². The molecular formula is C18H28ClN5O3. The standard InChI is InChI=1S/C18H27N5O3.ClH/c1-21-12-13(9-20-21)14-10-19-11-15(14)17(24)22-4-6-23(7-5-22)18(25)16-3-2-8-26-16;/h9,12,14-16,19H,2-8,10-11H2,1H3;1H/t14-,15+,16?;/m1./s1. The molecule has 3 saturated heterocycles. The Kier molecular flexibility index (Phi) is 6.39. The first-order valence-electron chi connectivity index (χ1n) is 9.52. The summed E-state index contributed by atoms with van der Waals surface area (Å²) in [4.78, 5) is 29.3. The van der Waals surface area contributed by atoms with E-state index in [1.165, 1.54) is 0 Å². The number of hydrogen-bond donors (Lipinski definition) is 1. The number of hydrogen-bond acceptors (Lipinski definition) is 5. The van der Waals surface area contributed by atoms with Crippen LogP contribution in [0.25, 0.3) is 0 Å². The predicted molar refractivity (Wildman–Crippen MR) is 102 cm³/mol. The van der Waals surface area contributed by atoms with Gasteiger partial charge >= 0.3 is 0 Å². The van der Waals surface area contributed by atoms with Crippen LogP contribution in [0.2, 0.25) is 0 Å². The van der Waals surface area contributed by atoms with Gasteiger partial charge in [0.1, 0.15) is 6.10 Å². The fraction of sp³-hybridized carbons (Fsp3) is 0.722. The Hall–Kier alpha value is -1.64. The van der Waals surface area contributed by atoms with Crippen LogP contribution in [0, 0.1) is 5.92 Å². The van der Waals surface area contributed by atoms with Crippen LogP contribution < -0.4 is 5.32 Å². The molecule has 4 rings (SSSR count). The van der Waals surface area contributed by atoms with Gasteiger partial charge in [0.25, 0.3) is 5.91 Å². The zero-order chi connectivity index (χ0) is 18.1. The monoisotopic (exact) mass is 397 g/mol. The van der Waals surface area contributed by atoms with Crippen molar-refractivity contribution in [3.63, 3.8) is 0 Å². The molecule has 3 aliphatic heterocycles. The fourth-order valence-corrected chi connectivity index (χ4v) is 4.28. The number of nitrogens with one attached hydrogen (secondary N) is 1. The number of nitrogens with zero attached hydrogens (tertiary/aromatic N) is 4. The molecule has 9 heteroatoms. The number of piperazine rings is 1. The number of aryl methyl sites for hydroxylation is 1. The van der Waals surface area contributed by atoms with Crippen molar-refractivity contribution in [2.45, 2.75) is 24.9 Å². The van der Waals surface area contributed by atoms with Crippen LogP contribution in [0.4, 0.5) is 0 Å². The molecule has 4 heterocycles. The van der Waals surface area contributed by atoms with Crippen LogP contribution in [0.3, 0.4) is 0 Å². The highest BCUT2D eigenvalue weighted by molar-refractivity contribution is 5.85. The predicted octanol–water partition coefficient (Wildman–Crippen LogP) is -0.00530. The lowest BCUT2D eigenvalue weighted by molar-refractivity contribution is -0.147. The molecule has 2 amide bonds. The molecule has 1 N–H and O–H groups in total. The molecule has 1 aromatic rings. The van der Waals surface area contributed by atoms with Crippen molar-refractivity contribution in [1.82, 2.24) is 24.9 Å². The van der Waals surface area contributed by atoms with E-state index in [0.29, 0.717) is 39.3 Å². The smallest absolute Gasteiger partial charge is 0.251 e. The van der Waals surface area contributed by atoms with Gasteiger partial charge in [-0.15, -0.1) is 12.4 Å². The number of carbonyl (C=O) groups is 2. The van der Waals surface area contributed by atoms with Crippen LogP contribution in [0.15, 0.2) is 12.4 Å². The van der Waals surface area contributed by atoms with Gasteiger partial charge in [-0.25, -0.2) is 0 Å². The van der Waals surface area contributed by atoms with Crippen LogP contribution in [0.5, 0.6) is 0 Å². The maximum absolute atomic E-state index is 13.1. The van der Waals surface area contributed by atoms with E-state index < -0.39 is 0 Å². The highest BCUT2D eigenvalue weighted by atomic mass is 35.5. The Balaban J connectivity index is 0.00000210. The Morgan fingerprint density at radius 1 is 1.15 bits per heavy atom. The van der Waals surface area contributed by atoms with E-state index in [0.717, 1.165) is 24.9 Å². The lowest BCUT2D eigenvalue weighted by atomic mass is 9.89. The first kappa shape index (κ1) is 20.1. The zero-order valence-corrected chi connectivity index (χ0v) is 16.5. The second-order valence-electron chi connectivity index (χ2n) is 7.47. The second-order valence-corrected chi connectivity index (χ2v) is 7.47. The summed E-state index contributed by atoms with van der Waals surface area (Å²) in [7, 11) is 1.90. The average molecular weight is 398 g/mol. The van der Waals surface area contributed by atoms with Gasteiger partial charge in [-0.2, -0.15) is 5.10 Å². The van der Waals surface area contributed by atoms with Gasteiger partial charge in [-0.1, -0.05) is 0 Å². The molecule has 1 aromatic heterocycles. The molecule has 0 aromatic carbocycles. The van der Waals surface area contributed by atoms with E-state index >= 15 is 0 Å². The summed E-state index contributed by atoms with van der Waals surface area (Å²) in [6, 6.07) is 0. The molecule has 0 saturated carbocycles. The van der Waals surface area contributed by atoms with Crippen molar-refractivity contribution in [1.29, 1.82) is 0 Å². The van der Waals surface area contributed by atoms with Crippen molar-refractivity contribution in [2.24, 2.45) is 13.0 Å². The molecule has 1 unspecified atom stereocenters. The quantitative estimate of drug-likeness (QED) is 0.776. The number of halogens is 1. The lowest BCUT2D eigenvalue weighted by Gasteiger charge is -2.37. The summed E-state index contributed by atoms with van der Waals surface area (Å²) < 4.78 is 7.28. The molecule has 0 radical (unpaired) electrons. The first-order chi connectivity index (χ1) is 12.6. The second kappa shape index (κ2) is 8.58.